The molecule has 1 aromatic rings. The Morgan fingerprint density at radius 3 is 2.60 bits per heavy atom. The van der Waals surface area contributed by atoms with Gasteiger partial charge in [0, 0.05) is 24.8 Å². The van der Waals surface area contributed by atoms with Crippen LogP contribution in [-0.4, -0.2) is 36.0 Å². The summed E-state index contributed by atoms with van der Waals surface area (Å²) in [5, 5.41) is 15.5. The standard InChI is InChI=1S/C14H20N2O4/c1-14(2,3)20-13(18)16-9-4-5-12(11(17)6-9)19-10-7-15-8-10/h4-6,10,15,17H,7-8H2,1-3H3,(H,16,18). The molecule has 110 valence electrons. The normalized spacial score (nSPS) is 15.3. The van der Waals surface area contributed by atoms with Gasteiger partial charge in [-0.15, -0.1) is 0 Å². The molecule has 0 bridgehead atoms. The van der Waals surface area contributed by atoms with Gasteiger partial charge in [-0.2, -0.15) is 0 Å². The van der Waals surface area contributed by atoms with E-state index in [9.17, 15) is 9.90 Å². The topological polar surface area (TPSA) is 79.8 Å². The SMILES string of the molecule is CC(C)(C)OC(=O)Nc1ccc(OC2CNC2)c(O)c1. The number of hydrogen-bond donors (Lipinski definition) is 3. The highest BCUT2D eigenvalue weighted by atomic mass is 16.6. The Morgan fingerprint density at radius 1 is 1.40 bits per heavy atom. The van der Waals surface area contributed by atoms with Crippen molar-refractivity contribution in [2.24, 2.45) is 0 Å². The summed E-state index contributed by atoms with van der Waals surface area (Å²) in [5.41, 5.74) is -0.109. The molecule has 0 spiro atoms. The number of hydrogen-bond acceptors (Lipinski definition) is 5. The van der Waals surface area contributed by atoms with Crippen LogP contribution < -0.4 is 15.4 Å². The summed E-state index contributed by atoms with van der Waals surface area (Å²) >= 11 is 0. The zero-order chi connectivity index (χ0) is 14.8. The van der Waals surface area contributed by atoms with E-state index in [-0.39, 0.29) is 11.9 Å². The van der Waals surface area contributed by atoms with Crippen LogP contribution in [-0.2, 0) is 4.74 Å². The minimum absolute atomic E-state index is 0.00883. The minimum atomic E-state index is -0.563. The number of rotatable bonds is 3. The zero-order valence-corrected chi connectivity index (χ0v) is 11.9. The number of phenolic OH excluding ortho intramolecular Hbond substituents is 1. The third-order valence-corrected chi connectivity index (χ3v) is 2.64. The molecule has 0 saturated carbocycles. The van der Waals surface area contributed by atoms with E-state index in [2.05, 4.69) is 10.6 Å². The molecule has 3 N–H and O–H groups in total. The molecular weight excluding hydrogens is 260 g/mol. The number of carbonyl (C=O) groups excluding carboxylic acids is 1. The summed E-state index contributed by atoms with van der Waals surface area (Å²) in [4.78, 5) is 11.6. The first-order valence-corrected chi connectivity index (χ1v) is 6.54. The highest BCUT2D eigenvalue weighted by Crippen LogP contribution is 2.30. The molecule has 1 saturated heterocycles. The average molecular weight is 280 g/mol. The second-order valence-electron chi connectivity index (χ2n) is 5.71. The van der Waals surface area contributed by atoms with Crippen molar-refractivity contribution in [2.45, 2.75) is 32.5 Å². The summed E-state index contributed by atoms with van der Waals surface area (Å²) in [7, 11) is 0. The number of benzene rings is 1. The molecule has 0 atom stereocenters. The lowest BCUT2D eigenvalue weighted by Gasteiger charge is -2.28. The second-order valence-corrected chi connectivity index (χ2v) is 5.71. The van der Waals surface area contributed by atoms with Crippen molar-refractivity contribution < 1.29 is 19.4 Å². The predicted octanol–water partition coefficient (Wildman–Crippen LogP) is 2.09. The lowest BCUT2D eigenvalue weighted by atomic mass is 10.2. The van der Waals surface area contributed by atoms with Gasteiger partial charge in [0.25, 0.3) is 0 Å². The van der Waals surface area contributed by atoms with Crippen LogP contribution in [0.15, 0.2) is 18.2 Å². The van der Waals surface area contributed by atoms with Crippen LogP contribution in [0, 0.1) is 0 Å². The lowest BCUT2D eigenvalue weighted by Crippen LogP contribution is -2.50. The van der Waals surface area contributed by atoms with E-state index in [1.807, 2.05) is 0 Å². The van der Waals surface area contributed by atoms with Crippen molar-refractivity contribution in [1.82, 2.24) is 5.32 Å². The number of ether oxygens (including phenoxy) is 2. The van der Waals surface area contributed by atoms with Gasteiger partial charge < -0.3 is 19.9 Å². The summed E-state index contributed by atoms with van der Waals surface area (Å²) in [6.07, 6.45) is -0.473. The van der Waals surface area contributed by atoms with Gasteiger partial charge >= 0.3 is 6.09 Å². The van der Waals surface area contributed by atoms with Crippen LogP contribution in [0.3, 0.4) is 0 Å². The Morgan fingerprint density at radius 2 is 2.10 bits per heavy atom. The van der Waals surface area contributed by atoms with Crippen molar-refractivity contribution in [3.05, 3.63) is 18.2 Å². The van der Waals surface area contributed by atoms with Crippen molar-refractivity contribution in [1.29, 1.82) is 0 Å². The third-order valence-electron chi connectivity index (χ3n) is 2.64. The van der Waals surface area contributed by atoms with E-state index >= 15 is 0 Å². The Hall–Kier alpha value is -1.95. The molecule has 2 rings (SSSR count). The van der Waals surface area contributed by atoms with Crippen molar-refractivity contribution in [3.63, 3.8) is 0 Å². The van der Waals surface area contributed by atoms with E-state index in [0.717, 1.165) is 13.1 Å². The molecule has 0 unspecified atom stereocenters. The molecule has 1 aliphatic heterocycles. The molecular formula is C14H20N2O4. The van der Waals surface area contributed by atoms with Gasteiger partial charge in [-0.3, -0.25) is 5.32 Å². The van der Waals surface area contributed by atoms with Gasteiger partial charge in [-0.25, -0.2) is 4.79 Å². The van der Waals surface area contributed by atoms with Gasteiger partial charge in [0.1, 0.15) is 11.7 Å². The fourth-order valence-corrected chi connectivity index (χ4v) is 1.64. The fraction of sp³-hybridized carbons (Fsp3) is 0.500. The lowest BCUT2D eigenvalue weighted by molar-refractivity contribution is 0.0636. The molecule has 6 heteroatoms. The third kappa shape index (κ3) is 4.03. The van der Waals surface area contributed by atoms with E-state index in [0.29, 0.717) is 11.4 Å². The van der Waals surface area contributed by atoms with Crippen LogP contribution in [0.25, 0.3) is 0 Å². The molecule has 1 aliphatic rings. The Balaban J connectivity index is 1.96. The number of carbonyl (C=O) groups is 1. The fourth-order valence-electron chi connectivity index (χ4n) is 1.64. The molecule has 20 heavy (non-hydrogen) atoms. The van der Waals surface area contributed by atoms with Crippen molar-refractivity contribution in [2.75, 3.05) is 18.4 Å². The molecule has 0 aliphatic carbocycles. The van der Waals surface area contributed by atoms with Gasteiger partial charge in [-0.1, -0.05) is 0 Å². The first-order valence-electron chi connectivity index (χ1n) is 6.54. The van der Waals surface area contributed by atoms with E-state index in [1.54, 1.807) is 32.9 Å². The van der Waals surface area contributed by atoms with Crippen molar-refractivity contribution in [3.8, 4) is 11.5 Å². The highest BCUT2D eigenvalue weighted by molar-refractivity contribution is 5.85. The van der Waals surface area contributed by atoms with Gasteiger partial charge in [-0.05, 0) is 32.9 Å². The number of amides is 1. The van der Waals surface area contributed by atoms with Gasteiger partial charge in [0.05, 0.1) is 0 Å². The summed E-state index contributed by atoms with van der Waals surface area (Å²) in [6.45, 7) is 6.91. The van der Waals surface area contributed by atoms with E-state index < -0.39 is 11.7 Å². The Bertz CT molecular complexity index is 492. The molecule has 0 radical (unpaired) electrons. The quantitative estimate of drug-likeness (QED) is 0.790. The zero-order valence-electron chi connectivity index (χ0n) is 11.9. The maximum Gasteiger partial charge on any atom is 0.412 e. The molecule has 1 amide bonds. The number of aromatic hydroxyl groups is 1. The van der Waals surface area contributed by atoms with Crippen LogP contribution in [0.2, 0.25) is 0 Å². The number of nitrogens with one attached hydrogen (secondary N) is 2. The second kappa shape index (κ2) is 5.58. The molecule has 1 aromatic carbocycles. The minimum Gasteiger partial charge on any atom is -0.504 e. The Kier molecular flexibility index (Phi) is 4.04. The van der Waals surface area contributed by atoms with Crippen LogP contribution >= 0.6 is 0 Å². The molecule has 6 nitrogen and oxygen atoms in total. The largest absolute Gasteiger partial charge is 0.504 e. The van der Waals surface area contributed by atoms with Crippen LogP contribution in [0.4, 0.5) is 10.5 Å². The van der Waals surface area contributed by atoms with Crippen LogP contribution in [0.1, 0.15) is 20.8 Å². The first-order chi connectivity index (χ1) is 9.33. The summed E-state index contributed by atoms with van der Waals surface area (Å²) < 4.78 is 10.7. The predicted molar refractivity (Wildman–Crippen MR) is 75.2 cm³/mol. The van der Waals surface area contributed by atoms with Gasteiger partial charge in [0.15, 0.2) is 11.5 Å². The monoisotopic (exact) mass is 280 g/mol. The molecule has 1 fully saturated rings. The van der Waals surface area contributed by atoms with Crippen LogP contribution in [0.5, 0.6) is 11.5 Å². The first kappa shape index (κ1) is 14.5. The summed E-state index contributed by atoms with van der Waals surface area (Å²) in [5.74, 6) is 0.400. The number of anilines is 1. The maximum atomic E-state index is 11.6. The van der Waals surface area contributed by atoms with E-state index in [1.165, 1.54) is 6.07 Å². The maximum absolute atomic E-state index is 11.6. The highest BCUT2D eigenvalue weighted by Gasteiger charge is 2.20. The number of phenols is 1. The van der Waals surface area contributed by atoms with E-state index in [4.69, 9.17) is 9.47 Å². The summed E-state index contributed by atoms with van der Waals surface area (Å²) in [6, 6.07) is 4.72. The van der Waals surface area contributed by atoms with Crippen molar-refractivity contribution >= 4 is 11.8 Å². The molecule has 1 heterocycles. The molecule has 0 aromatic heterocycles. The average Bonchev–Trinajstić information content (AvgIpc) is 2.22. The smallest absolute Gasteiger partial charge is 0.412 e. The van der Waals surface area contributed by atoms with Gasteiger partial charge in [0.2, 0.25) is 0 Å². The Labute approximate surface area is 118 Å².